The number of rotatable bonds is 10. The Bertz CT molecular complexity index is 2420. The summed E-state index contributed by atoms with van der Waals surface area (Å²) in [6.07, 6.45) is 6.88. The lowest BCUT2D eigenvalue weighted by Gasteiger charge is -2.32. The maximum atomic E-state index is 12.7. The first kappa shape index (κ1) is 37.7. The van der Waals surface area contributed by atoms with Crippen molar-refractivity contribution in [1.82, 2.24) is 40.4 Å². The number of imide groups is 1. The highest BCUT2D eigenvalue weighted by molar-refractivity contribution is 6.01. The highest BCUT2D eigenvalue weighted by Crippen LogP contribution is 2.32. The Morgan fingerprint density at radius 3 is 2.44 bits per heavy atom. The molecule has 292 valence electrons. The maximum Gasteiger partial charge on any atom is 0.292 e. The summed E-state index contributed by atoms with van der Waals surface area (Å²) in [5, 5.41) is 18.2. The molecule has 13 nitrogen and oxygen atoms in total. The topological polar surface area (TPSA) is 160 Å². The van der Waals surface area contributed by atoms with Gasteiger partial charge in [-0.25, -0.2) is 9.67 Å². The van der Waals surface area contributed by atoms with Crippen LogP contribution in [0.15, 0.2) is 89.7 Å². The van der Waals surface area contributed by atoms with Gasteiger partial charge in [0.25, 0.3) is 11.7 Å². The molecule has 5 heterocycles. The summed E-state index contributed by atoms with van der Waals surface area (Å²) in [5.41, 5.74) is 8.89. The number of nitrogens with one attached hydrogen (secondary N) is 3. The Hall–Kier alpha value is -6.21. The zero-order chi connectivity index (χ0) is 39.7. The maximum absolute atomic E-state index is 12.7. The van der Waals surface area contributed by atoms with Crippen molar-refractivity contribution >= 4 is 34.4 Å². The minimum atomic E-state index is -0.377. The SMILES string of the molecule is Cc1cc(-c2ccnc3nn(-c4ccc(CN5CCC(c6ccc(NC7CCC(=O)NC7=O)cc6)CC5)cc4)cc23)ccc1CNC(=O)c1noc(C(C)(C)C)n1. The van der Waals surface area contributed by atoms with Crippen molar-refractivity contribution in [1.29, 1.82) is 0 Å². The Morgan fingerprint density at radius 2 is 1.74 bits per heavy atom. The van der Waals surface area contributed by atoms with Gasteiger partial charge in [-0.15, -0.1) is 5.10 Å². The average molecular weight is 766 g/mol. The number of aryl methyl sites for hydroxylation is 1. The number of piperidine rings is 2. The van der Waals surface area contributed by atoms with Gasteiger partial charge in [-0.05, 0) is 109 Å². The molecule has 3 amide bonds. The third-order valence-corrected chi connectivity index (χ3v) is 10.9. The molecular formula is C44H47N9O4. The van der Waals surface area contributed by atoms with Gasteiger partial charge in [0, 0.05) is 48.4 Å². The molecule has 0 saturated carbocycles. The minimum Gasteiger partial charge on any atom is -0.374 e. The van der Waals surface area contributed by atoms with E-state index < -0.39 is 0 Å². The molecule has 57 heavy (non-hydrogen) atoms. The van der Waals surface area contributed by atoms with Gasteiger partial charge in [0.1, 0.15) is 6.04 Å². The first-order valence-corrected chi connectivity index (χ1v) is 19.6. The molecule has 2 aliphatic rings. The van der Waals surface area contributed by atoms with E-state index in [0.29, 0.717) is 36.8 Å². The van der Waals surface area contributed by atoms with Crippen molar-refractivity contribution in [2.24, 2.45) is 0 Å². The first-order valence-electron chi connectivity index (χ1n) is 19.6. The highest BCUT2D eigenvalue weighted by atomic mass is 16.5. The van der Waals surface area contributed by atoms with E-state index in [-0.39, 0.29) is 35.0 Å². The zero-order valence-corrected chi connectivity index (χ0v) is 32.7. The van der Waals surface area contributed by atoms with Crippen molar-refractivity contribution in [2.75, 3.05) is 18.4 Å². The van der Waals surface area contributed by atoms with Crippen molar-refractivity contribution < 1.29 is 18.9 Å². The summed E-state index contributed by atoms with van der Waals surface area (Å²) in [7, 11) is 0. The fourth-order valence-electron chi connectivity index (χ4n) is 7.56. The van der Waals surface area contributed by atoms with Crippen LogP contribution in [0.4, 0.5) is 5.69 Å². The molecule has 2 aliphatic heterocycles. The molecule has 1 unspecified atom stereocenters. The van der Waals surface area contributed by atoms with Crippen LogP contribution >= 0.6 is 0 Å². The Labute approximate surface area is 331 Å². The average Bonchev–Trinajstić information content (AvgIpc) is 3.89. The molecule has 1 atom stereocenters. The van der Waals surface area contributed by atoms with Crippen molar-refractivity contribution in [2.45, 2.75) is 83.8 Å². The van der Waals surface area contributed by atoms with E-state index in [9.17, 15) is 14.4 Å². The van der Waals surface area contributed by atoms with E-state index >= 15 is 0 Å². The highest BCUT2D eigenvalue weighted by Gasteiger charge is 2.27. The van der Waals surface area contributed by atoms with Gasteiger partial charge in [0.15, 0.2) is 5.65 Å². The number of amides is 3. The molecule has 0 spiro atoms. The van der Waals surface area contributed by atoms with Crippen LogP contribution in [0.2, 0.25) is 0 Å². The number of hydrogen-bond acceptors (Lipinski definition) is 10. The minimum absolute atomic E-state index is 0.0283. The standard InChI is InChI=1S/C44H47N9O4/c1-27-23-31(7-8-32(27)24-46-42(56)40-49-43(57-51-40)44(2,3)4)35-17-20-45-39-36(35)26-53(50-39)34-13-5-28(6-14-34)25-52-21-18-30(19-22-52)29-9-11-33(12-10-29)47-37-15-16-38(54)48-41(37)55/h5-14,17,20,23,26,30,37,47H,15-16,18-19,21-22,24-25H2,1-4H3,(H,46,56)(H,48,54,55). The van der Waals surface area contributed by atoms with Crippen molar-refractivity contribution in [3.05, 3.63) is 119 Å². The van der Waals surface area contributed by atoms with Crippen LogP contribution in [-0.2, 0) is 28.1 Å². The molecule has 8 rings (SSSR count). The largest absolute Gasteiger partial charge is 0.374 e. The fraction of sp³-hybridized carbons (Fsp3) is 0.341. The van der Waals surface area contributed by atoms with Gasteiger partial charge in [0.2, 0.25) is 17.7 Å². The molecule has 3 aromatic carbocycles. The van der Waals surface area contributed by atoms with E-state index in [0.717, 1.165) is 71.5 Å². The van der Waals surface area contributed by atoms with Crippen LogP contribution in [0.3, 0.4) is 0 Å². The Kier molecular flexibility index (Phi) is 10.4. The molecule has 2 saturated heterocycles. The van der Waals surface area contributed by atoms with Gasteiger partial charge in [-0.1, -0.05) is 68.4 Å². The normalized spacial score (nSPS) is 16.8. The quantitative estimate of drug-likeness (QED) is 0.130. The molecule has 0 bridgehead atoms. The predicted octanol–water partition coefficient (Wildman–Crippen LogP) is 6.60. The van der Waals surface area contributed by atoms with Crippen LogP contribution in [0, 0.1) is 6.92 Å². The van der Waals surface area contributed by atoms with E-state index in [4.69, 9.17) is 9.62 Å². The number of pyridine rings is 1. The lowest BCUT2D eigenvalue weighted by atomic mass is 9.89. The monoisotopic (exact) mass is 765 g/mol. The van der Waals surface area contributed by atoms with Gasteiger partial charge in [-0.2, -0.15) is 4.98 Å². The van der Waals surface area contributed by atoms with Crippen LogP contribution in [0.25, 0.3) is 27.8 Å². The number of likely N-dealkylation sites (tertiary alicyclic amines) is 1. The molecule has 2 fully saturated rings. The Morgan fingerprint density at radius 1 is 0.965 bits per heavy atom. The third-order valence-electron chi connectivity index (χ3n) is 10.9. The van der Waals surface area contributed by atoms with Crippen molar-refractivity contribution in [3.63, 3.8) is 0 Å². The molecule has 0 aliphatic carbocycles. The van der Waals surface area contributed by atoms with Crippen LogP contribution in [0.5, 0.6) is 0 Å². The number of fused-ring (bicyclic) bond motifs is 1. The number of anilines is 1. The van der Waals surface area contributed by atoms with Crippen molar-refractivity contribution in [3.8, 4) is 16.8 Å². The number of carbonyl (C=O) groups excluding carboxylic acids is 3. The number of hydrogen-bond donors (Lipinski definition) is 3. The van der Waals surface area contributed by atoms with Crippen LogP contribution < -0.4 is 16.0 Å². The molecule has 13 heteroatoms. The summed E-state index contributed by atoms with van der Waals surface area (Å²) < 4.78 is 7.17. The van der Waals surface area contributed by atoms with E-state index in [1.165, 1.54) is 11.1 Å². The summed E-state index contributed by atoms with van der Waals surface area (Å²) in [6.45, 7) is 11.2. The van der Waals surface area contributed by atoms with Crippen LogP contribution in [0.1, 0.15) is 91.1 Å². The number of carbonyl (C=O) groups is 3. The van der Waals surface area contributed by atoms with Gasteiger partial charge in [-0.3, -0.25) is 24.6 Å². The fourth-order valence-corrected chi connectivity index (χ4v) is 7.56. The molecule has 3 aromatic heterocycles. The number of nitrogens with zero attached hydrogens (tertiary/aromatic N) is 6. The van der Waals surface area contributed by atoms with Gasteiger partial charge in [0.05, 0.1) is 5.69 Å². The lowest BCUT2D eigenvalue weighted by molar-refractivity contribution is -0.133. The smallest absolute Gasteiger partial charge is 0.292 e. The van der Waals surface area contributed by atoms with E-state index in [2.05, 4.69) is 84.5 Å². The summed E-state index contributed by atoms with van der Waals surface area (Å²) >= 11 is 0. The second-order valence-electron chi connectivity index (χ2n) is 16.2. The van der Waals surface area contributed by atoms with Gasteiger partial charge < -0.3 is 15.2 Å². The molecule has 0 radical (unpaired) electrons. The number of benzene rings is 3. The van der Waals surface area contributed by atoms with Gasteiger partial charge >= 0.3 is 0 Å². The first-order chi connectivity index (χ1) is 27.5. The molecule has 3 N–H and O–H groups in total. The van der Waals surface area contributed by atoms with E-state index in [1.807, 2.05) is 62.8 Å². The molecular weight excluding hydrogens is 719 g/mol. The predicted molar refractivity (Wildman–Crippen MR) is 217 cm³/mol. The second-order valence-corrected chi connectivity index (χ2v) is 16.2. The zero-order valence-electron chi connectivity index (χ0n) is 32.7. The van der Waals surface area contributed by atoms with E-state index in [1.54, 1.807) is 6.20 Å². The van der Waals surface area contributed by atoms with Crippen LogP contribution in [-0.4, -0.2) is 66.7 Å². The number of aromatic nitrogens is 5. The summed E-state index contributed by atoms with van der Waals surface area (Å²) in [6, 6.07) is 24.8. The summed E-state index contributed by atoms with van der Waals surface area (Å²) in [4.78, 5) is 47.6. The third kappa shape index (κ3) is 8.48. The summed E-state index contributed by atoms with van der Waals surface area (Å²) in [5.74, 6) is 0.112. The Balaban J connectivity index is 0.858. The molecule has 6 aromatic rings. The second kappa shape index (κ2) is 15.7. The lowest BCUT2D eigenvalue weighted by Crippen LogP contribution is -2.47.